The Hall–Kier alpha value is -0.460. The van der Waals surface area contributed by atoms with Crippen molar-refractivity contribution in [3.05, 3.63) is 20.8 Å². The van der Waals surface area contributed by atoms with Crippen molar-refractivity contribution in [1.29, 1.82) is 0 Å². The molecule has 1 unspecified atom stereocenters. The number of carbonyl (C=O) groups excluding carboxylic acids is 1. The van der Waals surface area contributed by atoms with Crippen LogP contribution in [0.4, 0.5) is 0 Å². The lowest BCUT2D eigenvalue weighted by atomic mass is 10.1. The summed E-state index contributed by atoms with van der Waals surface area (Å²) in [7, 11) is 0. The van der Waals surface area contributed by atoms with E-state index in [-0.39, 0.29) is 16.8 Å². The number of hydrogen-bond acceptors (Lipinski definition) is 3. The molecule has 1 heterocycles. The van der Waals surface area contributed by atoms with Gasteiger partial charge in [-0.05, 0) is 28.4 Å². The molecule has 1 atom stereocenters. The van der Waals surface area contributed by atoms with Crippen molar-refractivity contribution in [2.45, 2.75) is 19.9 Å². The Morgan fingerprint density at radius 1 is 1.75 bits per heavy atom. The van der Waals surface area contributed by atoms with E-state index in [1.165, 1.54) is 0 Å². The molecule has 88 valence electrons. The number of hydrogen-bond donors (Lipinski definition) is 2. The Morgan fingerprint density at radius 3 is 2.88 bits per heavy atom. The molecule has 0 spiro atoms. The van der Waals surface area contributed by atoms with Gasteiger partial charge in [0.15, 0.2) is 0 Å². The smallest absolute Gasteiger partial charge is 0.230 e. The van der Waals surface area contributed by atoms with Crippen molar-refractivity contribution in [1.82, 2.24) is 5.32 Å². The van der Waals surface area contributed by atoms with Crippen LogP contribution in [-0.4, -0.2) is 10.9 Å². The van der Waals surface area contributed by atoms with Crippen LogP contribution in [-0.2, 0) is 11.3 Å². The molecule has 1 rings (SSSR count). The van der Waals surface area contributed by atoms with E-state index in [0.29, 0.717) is 13.0 Å². The summed E-state index contributed by atoms with van der Waals surface area (Å²) in [5.41, 5.74) is 5.49. The van der Waals surface area contributed by atoms with Gasteiger partial charge in [0.1, 0.15) is 0 Å². The molecule has 3 N–H and O–H groups in total. The maximum absolute atomic E-state index is 11.7. The van der Waals surface area contributed by atoms with Gasteiger partial charge in [0.2, 0.25) is 5.91 Å². The van der Waals surface area contributed by atoms with Gasteiger partial charge in [0.05, 0.1) is 17.5 Å². The summed E-state index contributed by atoms with van der Waals surface area (Å²) in [6.07, 6.45) is 0.634. The predicted octanol–water partition coefficient (Wildman–Crippen LogP) is 2.44. The van der Waals surface area contributed by atoms with Crippen LogP contribution in [0.3, 0.4) is 0 Å². The minimum Gasteiger partial charge on any atom is -0.393 e. The Bertz CT molecular complexity index is 392. The molecule has 0 aliphatic heterocycles. The second-order valence-electron chi connectivity index (χ2n) is 3.31. The van der Waals surface area contributed by atoms with Crippen molar-refractivity contribution in [2.75, 3.05) is 0 Å². The van der Waals surface area contributed by atoms with Crippen LogP contribution in [0.25, 0.3) is 0 Å². The fourth-order valence-corrected chi connectivity index (χ4v) is 2.92. The zero-order valence-corrected chi connectivity index (χ0v) is 12.0. The molecule has 1 amide bonds. The molecule has 0 aliphatic carbocycles. The van der Waals surface area contributed by atoms with E-state index < -0.39 is 0 Å². The lowest BCUT2D eigenvalue weighted by molar-refractivity contribution is -0.123. The summed E-state index contributed by atoms with van der Waals surface area (Å²) >= 11 is 9.79. The molecule has 0 aliphatic rings. The van der Waals surface area contributed by atoms with Crippen LogP contribution < -0.4 is 11.1 Å². The molecule has 1 aromatic heterocycles. The third kappa shape index (κ3) is 3.84. The summed E-state index contributed by atoms with van der Waals surface area (Å²) in [5.74, 6) is -0.460. The maximum Gasteiger partial charge on any atom is 0.230 e. The lowest BCUT2D eigenvalue weighted by Crippen LogP contribution is -2.37. The van der Waals surface area contributed by atoms with E-state index in [2.05, 4.69) is 21.2 Å². The van der Waals surface area contributed by atoms with Crippen LogP contribution >= 0.6 is 39.5 Å². The Morgan fingerprint density at radius 2 is 2.44 bits per heavy atom. The Labute approximate surface area is 113 Å². The van der Waals surface area contributed by atoms with E-state index in [4.69, 9.17) is 18.0 Å². The van der Waals surface area contributed by atoms with Crippen LogP contribution in [0.1, 0.15) is 18.2 Å². The number of thiophene rings is 1. The highest BCUT2D eigenvalue weighted by Gasteiger charge is 2.18. The molecule has 6 heteroatoms. The van der Waals surface area contributed by atoms with Crippen LogP contribution in [0.5, 0.6) is 0 Å². The molecule has 1 aromatic rings. The molecule has 0 saturated carbocycles. The molecule has 3 nitrogen and oxygen atoms in total. The first-order valence-electron chi connectivity index (χ1n) is 4.84. The minimum atomic E-state index is -0.363. The molecule has 0 radical (unpaired) electrons. The molecular weight excluding hydrogens is 308 g/mol. The molecule has 0 bridgehead atoms. The SMILES string of the molecule is CCC(C(=O)NCc1cc(Br)cs1)C(N)=S. The summed E-state index contributed by atoms with van der Waals surface area (Å²) in [6.45, 7) is 2.42. The van der Waals surface area contributed by atoms with Crippen LogP contribution in [0.15, 0.2) is 15.9 Å². The second-order valence-corrected chi connectivity index (χ2v) is 5.70. The topological polar surface area (TPSA) is 55.1 Å². The van der Waals surface area contributed by atoms with Crippen LogP contribution in [0, 0.1) is 5.92 Å². The average Bonchev–Trinajstić information content (AvgIpc) is 2.62. The van der Waals surface area contributed by atoms with Gasteiger partial charge in [-0.1, -0.05) is 19.1 Å². The van der Waals surface area contributed by atoms with E-state index in [1.54, 1.807) is 11.3 Å². The summed E-state index contributed by atoms with van der Waals surface area (Å²) < 4.78 is 1.03. The first-order valence-corrected chi connectivity index (χ1v) is 6.92. The van der Waals surface area contributed by atoms with Crippen molar-refractivity contribution in [2.24, 2.45) is 11.7 Å². The highest BCUT2D eigenvalue weighted by Crippen LogP contribution is 2.19. The number of nitrogens with one attached hydrogen (secondary N) is 1. The number of thiocarbonyl (C=S) groups is 1. The van der Waals surface area contributed by atoms with Gasteiger partial charge >= 0.3 is 0 Å². The van der Waals surface area contributed by atoms with Crippen molar-refractivity contribution in [3.63, 3.8) is 0 Å². The monoisotopic (exact) mass is 320 g/mol. The molecule has 0 aromatic carbocycles. The Kier molecular flexibility index (Phi) is 5.37. The number of rotatable bonds is 5. The number of amides is 1. The lowest BCUT2D eigenvalue weighted by Gasteiger charge is -2.12. The molecule has 16 heavy (non-hydrogen) atoms. The van der Waals surface area contributed by atoms with E-state index >= 15 is 0 Å². The van der Waals surface area contributed by atoms with Crippen molar-refractivity contribution < 1.29 is 4.79 Å². The standard InChI is InChI=1S/C10H13BrN2OS2/c1-2-8(9(12)15)10(14)13-4-7-3-6(11)5-16-7/h3,5,8H,2,4H2,1H3,(H2,12,15)(H,13,14). The van der Waals surface area contributed by atoms with Gasteiger partial charge in [0.25, 0.3) is 0 Å². The first kappa shape index (κ1) is 13.6. The van der Waals surface area contributed by atoms with Gasteiger partial charge in [-0.2, -0.15) is 0 Å². The minimum absolute atomic E-state index is 0.0977. The number of carbonyl (C=O) groups is 1. The first-order chi connectivity index (χ1) is 7.54. The zero-order valence-electron chi connectivity index (χ0n) is 8.83. The Balaban J connectivity index is 2.49. The maximum atomic E-state index is 11.7. The zero-order chi connectivity index (χ0) is 12.1. The van der Waals surface area contributed by atoms with Crippen LogP contribution in [0.2, 0.25) is 0 Å². The van der Waals surface area contributed by atoms with Gasteiger partial charge in [-0.25, -0.2) is 0 Å². The van der Waals surface area contributed by atoms with Gasteiger partial charge in [-0.15, -0.1) is 11.3 Å². The molecular formula is C10H13BrN2OS2. The summed E-state index contributed by atoms with van der Waals surface area (Å²) in [5, 5.41) is 4.81. The second kappa shape index (κ2) is 6.32. The van der Waals surface area contributed by atoms with Crippen molar-refractivity contribution in [3.8, 4) is 0 Å². The summed E-state index contributed by atoms with van der Waals surface area (Å²) in [6, 6.07) is 1.98. The van der Waals surface area contributed by atoms with Gasteiger partial charge < -0.3 is 11.1 Å². The quantitative estimate of drug-likeness (QED) is 0.819. The average molecular weight is 321 g/mol. The number of halogens is 1. The molecule has 0 saturated heterocycles. The largest absolute Gasteiger partial charge is 0.393 e. The van der Waals surface area contributed by atoms with Gasteiger partial charge in [0, 0.05) is 14.7 Å². The highest BCUT2D eigenvalue weighted by atomic mass is 79.9. The number of nitrogens with two attached hydrogens (primary N) is 1. The van der Waals surface area contributed by atoms with Gasteiger partial charge in [-0.3, -0.25) is 4.79 Å². The third-order valence-corrected chi connectivity index (χ3v) is 4.11. The fraction of sp³-hybridized carbons (Fsp3) is 0.400. The van der Waals surface area contributed by atoms with E-state index in [0.717, 1.165) is 9.35 Å². The van der Waals surface area contributed by atoms with E-state index in [1.807, 2.05) is 18.4 Å². The van der Waals surface area contributed by atoms with Crippen molar-refractivity contribution >= 4 is 50.4 Å². The summed E-state index contributed by atoms with van der Waals surface area (Å²) in [4.78, 5) is 13.1. The molecule has 0 fully saturated rings. The highest BCUT2D eigenvalue weighted by molar-refractivity contribution is 9.10. The fourth-order valence-electron chi connectivity index (χ4n) is 1.26. The van der Waals surface area contributed by atoms with E-state index in [9.17, 15) is 4.79 Å². The predicted molar refractivity (Wildman–Crippen MR) is 74.4 cm³/mol. The third-order valence-electron chi connectivity index (χ3n) is 2.13. The normalized spacial score (nSPS) is 12.1.